The van der Waals surface area contributed by atoms with E-state index < -0.39 is 5.56 Å². The second-order valence-electron chi connectivity index (χ2n) is 1.10. The van der Waals surface area contributed by atoms with Crippen LogP contribution in [0, 0.1) is 4.91 Å². The quantitative estimate of drug-likeness (QED) is 0.481. The largest absolute Gasteiger partial charge is 0.360 e. The summed E-state index contributed by atoms with van der Waals surface area (Å²) in [5.41, 5.74) is -0.556. The van der Waals surface area contributed by atoms with Crippen molar-refractivity contribution in [2.75, 3.05) is 0 Å². The Kier molecular flexibility index (Phi) is 0.957. The van der Waals surface area contributed by atoms with Gasteiger partial charge in [0.25, 0.3) is 0 Å². The molecule has 0 fully saturated rings. The van der Waals surface area contributed by atoms with Crippen molar-refractivity contribution in [1.82, 2.24) is 4.85 Å². The molecule has 8 heavy (non-hydrogen) atoms. The van der Waals surface area contributed by atoms with E-state index in [2.05, 4.69) is 9.81 Å². The Morgan fingerprint density at radius 2 is 2.50 bits per heavy atom. The molecule has 0 amide bonds. The summed E-state index contributed by atoms with van der Waals surface area (Å²) in [4.78, 5) is 20.1. The number of rotatable bonds is 1. The van der Waals surface area contributed by atoms with Crippen LogP contribution in [-0.2, 0) is 0 Å². The third-order valence-corrected chi connectivity index (χ3v) is 0.634. The average Bonchev–Trinajstić information content (AvgIpc) is 2.14. The molecule has 0 bridgehead atoms. The fourth-order valence-corrected chi connectivity index (χ4v) is 0.321. The van der Waals surface area contributed by atoms with E-state index in [1.54, 1.807) is 0 Å². The third-order valence-electron chi connectivity index (χ3n) is 0.634. The highest BCUT2D eigenvalue weighted by molar-refractivity contribution is 4.74. The monoisotopic (exact) mass is 114 g/mol. The van der Waals surface area contributed by atoms with Gasteiger partial charge >= 0.3 is 5.56 Å². The van der Waals surface area contributed by atoms with Gasteiger partial charge in [0.1, 0.15) is 6.26 Å². The number of hydrogen-bond acceptors (Lipinski definition) is 4. The summed E-state index contributed by atoms with van der Waals surface area (Å²) >= 11 is 0. The van der Waals surface area contributed by atoms with Crippen LogP contribution in [0.3, 0.4) is 0 Å². The van der Waals surface area contributed by atoms with Crippen LogP contribution in [0.15, 0.2) is 26.9 Å². The normalized spacial score (nSPS) is 9.00. The maximum Gasteiger partial charge on any atom is 0.310 e. The van der Waals surface area contributed by atoms with Gasteiger partial charge in [0.15, 0.2) is 0 Å². The smallest absolute Gasteiger partial charge is 0.310 e. The molecule has 1 aromatic heterocycles. The van der Waals surface area contributed by atoms with Crippen LogP contribution in [0.25, 0.3) is 0 Å². The second kappa shape index (κ2) is 1.61. The van der Waals surface area contributed by atoms with Gasteiger partial charge in [-0.3, -0.25) is 4.79 Å². The summed E-state index contributed by atoms with van der Waals surface area (Å²) < 4.78 is 4.24. The van der Waals surface area contributed by atoms with Crippen LogP contribution >= 0.6 is 0 Å². The molecule has 42 valence electrons. The van der Waals surface area contributed by atoms with Gasteiger partial charge in [0, 0.05) is 6.07 Å². The van der Waals surface area contributed by atoms with Gasteiger partial charge in [-0.15, -0.1) is 4.91 Å². The first kappa shape index (κ1) is 4.76. The minimum atomic E-state index is -0.556. The fourth-order valence-electron chi connectivity index (χ4n) is 0.321. The van der Waals surface area contributed by atoms with Crippen LogP contribution in [0.2, 0.25) is 0 Å². The summed E-state index contributed by atoms with van der Waals surface area (Å²) in [6, 6.07) is 1.10. The first-order chi connectivity index (χ1) is 3.84. The van der Waals surface area contributed by atoms with Crippen LogP contribution in [0.1, 0.15) is 0 Å². The van der Waals surface area contributed by atoms with E-state index in [1.807, 2.05) is 0 Å². The van der Waals surface area contributed by atoms with E-state index in [-0.39, 0.29) is 0 Å². The maximum atomic E-state index is 10.2. The number of hydrogen-bond donors (Lipinski definition) is 0. The van der Waals surface area contributed by atoms with E-state index in [0.29, 0.717) is 4.85 Å². The van der Waals surface area contributed by atoms with Crippen molar-refractivity contribution >= 4 is 0 Å². The minimum Gasteiger partial charge on any atom is -0.360 e. The van der Waals surface area contributed by atoms with Crippen molar-refractivity contribution in [2.24, 2.45) is 5.29 Å². The van der Waals surface area contributed by atoms with E-state index in [9.17, 15) is 9.70 Å². The van der Waals surface area contributed by atoms with E-state index in [0.717, 1.165) is 12.3 Å². The lowest BCUT2D eigenvalue weighted by Crippen LogP contribution is -2.06. The molecule has 0 aromatic carbocycles. The zero-order valence-electron chi connectivity index (χ0n) is 3.77. The van der Waals surface area contributed by atoms with E-state index in [4.69, 9.17) is 0 Å². The molecule has 1 heterocycles. The lowest BCUT2D eigenvalue weighted by molar-refractivity contribution is 0.288. The first-order valence-corrected chi connectivity index (χ1v) is 1.85. The Bertz CT molecular complexity index is 235. The van der Waals surface area contributed by atoms with Gasteiger partial charge in [-0.2, -0.15) is 0 Å². The van der Waals surface area contributed by atoms with Gasteiger partial charge in [-0.1, -0.05) is 0 Å². The topological polar surface area (TPSA) is 64.6 Å². The van der Waals surface area contributed by atoms with Crippen molar-refractivity contribution in [1.29, 1.82) is 0 Å². The molecule has 1 aromatic rings. The lowest BCUT2D eigenvalue weighted by Gasteiger charge is -1.73. The van der Waals surface area contributed by atoms with Crippen molar-refractivity contribution in [3.8, 4) is 0 Å². The average molecular weight is 114 g/mol. The molecule has 0 radical (unpaired) electrons. The van der Waals surface area contributed by atoms with Gasteiger partial charge in [0.05, 0.1) is 5.29 Å². The van der Waals surface area contributed by atoms with E-state index >= 15 is 0 Å². The van der Waals surface area contributed by atoms with Gasteiger partial charge in [-0.05, 0) is 4.85 Å². The predicted molar refractivity (Wildman–Crippen MR) is 24.2 cm³/mol. The summed E-state index contributed by atoms with van der Waals surface area (Å²) in [6.45, 7) is 0. The minimum absolute atomic E-state index is 0.347. The molecule has 0 aliphatic rings. The molecule has 0 saturated heterocycles. The molecule has 5 heteroatoms. The Morgan fingerprint density at radius 1 is 1.75 bits per heavy atom. The van der Waals surface area contributed by atoms with E-state index in [1.165, 1.54) is 0 Å². The van der Waals surface area contributed by atoms with Gasteiger partial charge in [0.2, 0.25) is 0 Å². The first-order valence-electron chi connectivity index (χ1n) is 1.85. The standard InChI is InChI=1S/C3H2N2O3/c6-3-1-2-8-5(3)4-7/h1-2H. The van der Waals surface area contributed by atoms with Crippen molar-refractivity contribution in [3.63, 3.8) is 0 Å². The zero-order chi connectivity index (χ0) is 5.98. The molecule has 0 N–H and O–H groups in total. The van der Waals surface area contributed by atoms with Crippen LogP contribution in [-0.4, -0.2) is 4.85 Å². The molecule has 0 atom stereocenters. The molecule has 0 aliphatic carbocycles. The Morgan fingerprint density at radius 3 is 2.75 bits per heavy atom. The Labute approximate surface area is 43.4 Å². The highest BCUT2D eigenvalue weighted by Gasteiger charge is 1.91. The number of nitrogens with zero attached hydrogens (tertiary/aromatic N) is 2. The summed E-state index contributed by atoms with van der Waals surface area (Å²) in [5.74, 6) is 0. The molecule has 5 nitrogen and oxygen atoms in total. The van der Waals surface area contributed by atoms with Gasteiger partial charge in [-0.25, -0.2) is 0 Å². The molecule has 1 rings (SSSR count). The molecule has 0 spiro atoms. The SMILES string of the molecule is O=Nn1occc1=O. The summed E-state index contributed by atoms with van der Waals surface area (Å²) in [5, 5.41) is 2.22. The zero-order valence-corrected chi connectivity index (χ0v) is 3.77. The van der Waals surface area contributed by atoms with Crippen molar-refractivity contribution in [2.45, 2.75) is 0 Å². The summed E-state index contributed by atoms with van der Waals surface area (Å²) in [7, 11) is 0. The molecule has 0 aliphatic heterocycles. The Balaban J connectivity index is 3.30. The number of nitroso groups, excluding NO2 is 1. The fraction of sp³-hybridized carbons (Fsp3) is 0. The molecular weight excluding hydrogens is 112 g/mol. The summed E-state index contributed by atoms with van der Waals surface area (Å²) in [6.07, 6.45) is 1.09. The predicted octanol–water partition coefficient (Wildman–Crippen LogP) is -0.0292. The van der Waals surface area contributed by atoms with Gasteiger partial charge < -0.3 is 4.52 Å². The third kappa shape index (κ3) is 0.534. The van der Waals surface area contributed by atoms with Crippen molar-refractivity contribution < 1.29 is 4.52 Å². The van der Waals surface area contributed by atoms with Crippen LogP contribution in [0.4, 0.5) is 0 Å². The van der Waals surface area contributed by atoms with Crippen LogP contribution in [0.5, 0.6) is 0 Å². The highest BCUT2D eigenvalue weighted by Crippen LogP contribution is 1.76. The van der Waals surface area contributed by atoms with Crippen LogP contribution < -0.4 is 5.56 Å². The number of aromatic nitrogens is 1. The molecule has 0 unspecified atom stereocenters. The Hall–Kier alpha value is -1.39. The highest BCUT2D eigenvalue weighted by atomic mass is 16.5. The second-order valence-corrected chi connectivity index (χ2v) is 1.10. The lowest BCUT2D eigenvalue weighted by atomic mass is 10.7. The van der Waals surface area contributed by atoms with Crippen molar-refractivity contribution in [3.05, 3.63) is 27.6 Å². The molecular formula is C3H2N2O3. The molecule has 0 saturated carbocycles. The maximum absolute atomic E-state index is 10.2.